The Morgan fingerprint density at radius 3 is 2.35 bits per heavy atom. The normalized spacial score (nSPS) is 12.1. The maximum Gasteiger partial charge on any atom is 0.307 e. The Balaban J connectivity index is 2.86. The van der Waals surface area contributed by atoms with Crippen LogP contribution in [0.15, 0.2) is 18.2 Å². The molecule has 0 aromatic heterocycles. The first-order valence-corrected chi connectivity index (χ1v) is 4.78. The summed E-state index contributed by atoms with van der Waals surface area (Å²) in [5.74, 6) is -5.47. The standard InChI is InChI=1S/C11H10F2O4/c12-8-2-1-6(9(13)5-8)3-7(11(16)17)4-10(14)15/h1-2,5,7H,3-4H2,(H,14,15)(H,16,17). The van der Waals surface area contributed by atoms with Crippen molar-refractivity contribution in [2.45, 2.75) is 12.8 Å². The third-order valence-electron chi connectivity index (χ3n) is 2.25. The van der Waals surface area contributed by atoms with Crippen molar-refractivity contribution in [3.63, 3.8) is 0 Å². The zero-order valence-electron chi connectivity index (χ0n) is 8.69. The van der Waals surface area contributed by atoms with Gasteiger partial charge in [-0.2, -0.15) is 0 Å². The van der Waals surface area contributed by atoms with Gasteiger partial charge in [-0.1, -0.05) is 6.07 Å². The molecule has 1 atom stereocenters. The highest BCUT2D eigenvalue weighted by atomic mass is 19.1. The highest BCUT2D eigenvalue weighted by Gasteiger charge is 2.22. The largest absolute Gasteiger partial charge is 0.481 e. The molecule has 0 bridgehead atoms. The molecule has 0 amide bonds. The summed E-state index contributed by atoms with van der Waals surface area (Å²) in [6, 6.07) is 2.75. The monoisotopic (exact) mass is 244 g/mol. The molecule has 1 aromatic carbocycles. The second-order valence-corrected chi connectivity index (χ2v) is 3.57. The van der Waals surface area contributed by atoms with E-state index in [1.807, 2.05) is 0 Å². The van der Waals surface area contributed by atoms with Crippen molar-refractivity contribution in [2.24, 2.45) is 5.92 Å². The lowest BCUT2D eigenvalue weighted by Crippen LogP contribution is -2.20. The van der Waals surface area contributed by atoms with Crippen molar-refractivity contribution >= 4 is 11.9 Å². The minimum atomic E-state index is -1.32. The maximum atomic E-state index is 13.2. The predicted octanol–water partition coefficient (Wildman–Crippen LogP) is 1.68. The SMILES string of the molecule is O=C(O)CC(Cc1ccc(F)cc1F)C(=O)O. The average Bonchev–Trinajstić information content (AvgIpc) is 2.19. The van der Waals surface area contributed by atoms with Crippen molar-refractivity contribution < 1.29 is 28.6 Å². The number of carboxylic acids is 2. The second kappa shape index (κ2) is 5.38. The van der Waals surface area contributed by atoms with E-state index < -0.39 is 35.9 Å². The van der Waals surface area contributed by atoms with Crippen molar-refractivity contribution in [3.05, 3.63) is 35.4 Å². The van der Waals surface area contributed by atoms with Gasteiger partial charge in [-0.25, -0.2) is 8.78 Å². The van der Waals surface area contributed by atoms with E-state index in [0.29, 0.717) is 6.07 Å². The Bertz CT molecular complexity index is 445. The molecular formula is C11H10F2O4. The summed E-state index contributed by atoms with van der Waals surface area (Å²) >= 11 is 0. The molecule has 92 valence electrons. The number of aliphatic carboxylic acids is 2. The van der Waals surface area contributed by atoms with E-state index in [9.17, 15) is 18.4 Å². The van der Waals surface area contributed by atoms with Gasteiger partial charge in [0, 0.05) is 6.07 Å². The molecule has 1 rings (SSSR count). The number of carbonyl (C=O) groups is 2. The summed E-state index contributed by atoms with van der Waals surface area (Å²) < 4.78 is 25.8. The maximum absolute atomic E-state index is 13.2. The Kier molecular flexibility index (Phi) is 4.14. The lowest BCUT2D eigenvalue weighted by atomic mass is 9.96. The van der Waals surface area contributed by atoms with Gasteiger partial charge in [0.05, 0.1) is 12.3 Å². The Morgan fingerprint density at radius 1 is 1.24 bits per heavy atom. The number of halogens is 2. The molecule has 17 heavy (non-hydrogen) atoms. The lowest BCUT2D eigenvalue weighted by Gasteiger charge is -2.10. The summed E-state index contributed by atoms with van der Waals surface area (Å²) in [6.45, 7) is 0. The number of carboxylic acid groups (broad SMARTS) is 2. The van der Waals surface area contributed by atoms with Gasteiger partial charge in [0.2, 0.25) is 0 Å². The topological polar surface area (TPSA) is 74.6 Å². The van der Waals surface area contributed by atoms with Gasteiger partial charge in [0.25, 0.3) is 0 Å². The molecule has 0 saturated carbocycles. The second-order valence-electron chi connectivity index (χ2n) is 3.57. The van der Waals surface area contributed by atoms with E-state index >= 15 is 0 Å². The van der Waals surface area contributed by atoms with Crippen LogP contribution in [-0.4, -0.2) is 22.2 Å². The molecule has 1 unspecified atom stereocenters. The quantitative estimate of drug-likeness (QED) is 0.826. The number of rotatable bonds is 5. The summed E-state index contributed by atoms with van der Waals surface area (Å²) in [6.07, 6.45) is -0.889. The third-order valence-corrected chi connectivity index (χ3v) is 2.25. The van der Waals surface area contributed by atoms with Gasteiger partial charge in [0.1, 0.15) is 11.6 Å². The molecular weight excluding hydrogens is 234 g/mol. The molecule has 0 spiro atoms. The van der Waals surface area contributed by atoms with Gasteiger partial charge in [-0.15, -0.1) is 0 Å². The summed E-state index contributed by atoms with van der Waals surface area (Å²) in [5.41, 5.74) is -0.0138. The van der Waals surface area contributed by atoms with Crippen molar-refractivity contribution in [2.75, 3.05) is 0 Å². The average molecular weight is 244 g/mol. The highest BCUT2D eigenvalue weighted by molar-refractivity contribution is 5.78. The molecule has 6 heteroatoms. The van der Waals surface area contributed by atoms with Gasteiger partial charge < -0.3 is 10.2 Å². The molecule has 0 fully saturated rings. The Labute approximate surface area is 95.5 Å². The molecule has 4 nitrogen and oxygen atoms in total. The van der Waals surface area contributed by atoms with Crippen LogP contribution >= 0.6 is 0 Å². The fourth-order valence-electron chi connectivity index (χ4n) is 1.41. The van der Waals surface area contributed by atoms with E-state index in [2.05, 4.69) is 0 Å². The van der Waals surface area contributed by atoms with Crippen LogP contribution in [-0.2, 0) is 16.0 Å². The van der Waals surface area contributed by atoms with Crippen LogP contribution in [0.25, 0.3) is 0 Å². The predicted molar refractivity (Wildman–Crippen MR) is 53.4 cm³/mol. The van der Waals surface area contributed by atoms with Gasteiger partial charge >= 0.3 is 11.9 Å². The molecule has 0 heterocycles. The summed E-state index contributed by atoms with van der Waals surface area (Å²) in [4.78, 5) is 21.2. The van der Waals surface area contributed by atoms with Crippen LogP contribution < -0.4 is 0 Å². The smallest absolute Gasteiger partial charge is 0.307 e. The third kappa shape index (κ3) is 3.82. The van der Waals surface area contributed by atoms with E-state index in [4.69, 9.17) is 10.2 Å². The zero-order valence-corrected chi connectivity index (χ0v) is 8.69. The van der Waals surface area contributed by atoms with Crippen LogP contribution in [0.4, 0.5) is 8.78 Å². The van der Waals surface area contributed by atoms with E-state index in [1.54, 1.807) is 0 Å². The first kappa shape index (κ1) is 13.1. The first-order valence-electron chi connectivity index (χ1n) is 4.78. The van der Waals surface area contributed by atoms with Crippen LogP contribution in [0.5, 0.6) is 0 Å². The van der Waals surface area contributed by atoms with E-state index in [0.717, 1.165) is 12.1 Å². The Hall–Kier alpha value is -1.98. The molecule has 2 N–H and O–H groups in total. The highest BCUT2D eigenvalue weighted by Crippen LogP contribution is 2.17. The molecule has 0 aliphatic carbocycles. The molecule has 0 aliphatic heterocycles. The number of benzene rings is 1. The lowest BCUT2D eigenvalue weighted by molar-refractivity contribution is -0.148. The molecule has 0 radical (unpaired) electrons. The van der Waals surface area contributed by atoms with Crippen molar-refractivity contribution in [1.82, 2.24) is 0 Å². The minimum absolute atomic E-state index is 0.0138. The van der Waals surface area contributed by atoms with Crippen LogP contribution in [0.3, 0.4) is 0 Å². The van der Waals surface area contributed by atoms with E-state index in [-0.39, 0.29) is 12.0 Å². The van der Waals surface area contributed by atoms with Crippen LogP contribution in [0.1, 0.15) is 12.0 Å². The fourth-order valence-corrected chi connectivity index (χ4v) is 1.41. The van der Waals surface area contributed by atoms with Gasteiger partial charge in [-0.05, 0) is 18.1 Å². The van der Waals surface area contributed by atoms with Crippen molar-refractivity contribution in [3.8, 4) is 0 Å². The summed E-state index contributed by atoms with van der Waals surface area (Å²) in [5, 5.41) is 17.3. The number of hydrogen-bond donors (Lipinski definition) is 2. The van der Waals surface area contributed by atoms with Gasteiger partial charge in [0.15, 0.2) is 0 Å². The zero-order chi connectivity index (χ0) is 13.0. The van der Waals surface area contributed by atoms with Crippen LogP contribution in [0, 0.1) is 17.6 Å². The molecule has 0 aliphatic rings. The first-order chi connectivity index (χ1) is 7.90. The minimum Gasteiger partial charge on any atom is -0.481 e. The Morgan fingerprint density at radius 2 is 1.88 bits per heavy atom. The summed E-state index contributed by atoms with van der Waals surface area (Å²) in [7, 11) is 0. The fraction of sp³-hybridized carbons (Fsp3) is 0.273. The van der Waals surface area contributed by atoms with Gasteiger partial charge in [-0.3, -0.25) is 9.59 Å². The van der Waals surface area contributed by atoms with E-state index in [1.165, 1.54) is 0 Å². The van der Waals surface area contributed by atoms with Crippen LogP contribution in [0.2, 0.25) is 0 Å². The molecule has 1 aromatic rings. The molecule has 0 saturated heterocycles. The van der Waals surface area contributed by atoms with Crippen molar-refractivity contribution in [1.29, 1.82) is 0 Å². The number of hydrogen-bond acceptors (Lipinski definition) is 2.